The Balaban J connectivity index is 1.78. The average molecular weight is 516 g/mol. The molecule has 206 valence electrons. The summed E-state index contributed by atoms with van der Waals surface area (Å²) in [7, 11) is 0. The van der Waals surface area contributed by atoms with Gasteiger partial charge in [-0.05, 0) is 65.6 Å². The molecule has 0 radical (unpaired) electrons. The Hall–Kier alpha value is -2.78. The van der Waals surface area contributed by atoms with Gasteiger partial charge in [-0.2, -0.15) is 0 Å². The van der Waals surface area contributed by atoms with E-state index >= 15 is 0 Å². The molecule has 38 heavy (non-hydrogen) atoms. The van der Waals surface area contributed by atoms with E-state index in [1.54, 1.807) is 0 Å². The molecule has 3 aromatic carbocycles. The SMILES string of the molecule is CCCCC(CC)COc1ccc(C(N)(c2ccccc2)c2ccc(OCC(CC)CCCC)cc2)cc1. The number of unbranched alkanes of at least 4 members (excludes halogenated alkanes) is 2. The van der Waals surface area contributed by atoms with Crippen molar-refractivity contribution in [3.05, 3.63) is 95.6 Å². The second-order valence-corrected chi connectivity index (χ2v) is 10.7. The van der Waals surface area contributed by atoms with Crippen molar-refractivity contribution in [2.45, 2.75) is 84.6 Å². The van der Waals surface area contributed by atoms with E-state index in [1.165, 1.54) is 38.5 Å². The molecule has 0 aliphatic carbocycles. The zero-order chi connectivity index (χ0) is 27.2. The smallest absolute Gasteiger partial charge is 0.119 e. The maximum Gasteiger partial charge on any atom is 0.119 e. The summed E-state index contributed by atoms with van der Waals surface area (Å²) in [4.78, 5) is 0. The molecule has 0 aromatic heterocycles. The summed E-state index contributed by atoms with van der Waals surface area (Å²) in [6.07, 6.45) is 9.73. The van der Waals surface area contributed by atoms with E-state index in [4.69, 9.17) is 15.2 Å². The van der Waals surface area contributed by atoms with E-state index < -0.39 is 5.54 Å². The molecule has 2 unspecified atom stereocenters. The van der Waals surface area contributed by atoms with E-state index in [0.717, 1.165) is 54.2 Å². The lowest BCUT2D eigenvalue weighted by Crippen LogP contribution is -2.39. The molecule has 3 aromatic rings. The molecule has 0 aliphatic rings. The summed E-state index contributed by atoms with van der Waals surface area (Å²) in [5.74, 6) is 3.01. The van der Waals surface area contributed by atoms with Gasteiger partial charge in [-0.3, -0.25) is 0 Å². The molecule has 0 aliphatic heterocycles. The van der Waals surface area contributed by atoms with Crippen molar-refractivity contribution >= 4 is 0 Å². The summed E-state index contributed by atoms with van der Waals surface area (Å²) in [6, 6.07) is 27.0. The first-order valence-corrected chi connectivity index (χ1v) is 14.9. The van der Waals surface area contributed by atoms with Gasteiger partial charge in [0.25, 0.3) is 0 Å². The van der Waals surface area contributed by atoms with Crippen molar-refractivity contribution in [3.8, 4) is 11.5 Å². The Bertz CT molecular complexity index is 966. The lowest BCUT2D eigenvalue weighted by molar-refractivity contribution is 0.233. The van der Waals surface area contributed by atoms with Gasteiger partial charge in [-0.1, -0.05) is 121 Å². The van der Waals surface area contributed by atoms with Gasteiger partial charge in [0.1, 0.15) is 11.5 Å². The number of nitrogens with two attached hydrogens (primary N) is 1. The molecule has 0 heterocycles. The van der Waals surface area contributed by atoms with Crippen LogP contribution in [0.2, 0.25) is 0 Å². The van der Waals surface area contributed by atoms with Gasteiger partial charge in [0, 0.05) is 0 Å². The average Bonchev–Trinajstić information content (AvgIpc) is 2.98. The minimum atomic E-state index is -0.779. The Morgan fingerprint density at radius 1 is 0.579 bits per heavy atom. The van der Waals surface area contributed by atoms with E-state index in [1.807, 2.05) is 18.2 Å². The Morgan fingerprint density at radius 3 is 1.34 bits per heavy atom. The zero-order valence-electron chi connectivity index (χ0n) is 24.1. The van der Waals surface area contributed by atoms with Crippen LogP contribution in [0.3, 0.4) is 0 Å². The van der Waals surface area contributed by atoms with Gasteiger partial charge >= 0.3 is 0 Å². The number of ether oxygens (including phenoxy) is 2. The Kier molecular flexibility index (Phi) is 12.2. The summed E-state index contributed by atoms with van der Waals surface area (Å²) < 4.78 is 12.3. The van der Waals surface area contributed by atoms with Gasteiger partial charge in [0.2, 0.25) is 0 Å². The number of rotatable bonds is 17. The third kappa shape index (κ3) is 8.11. The molecule has 0 saturated heterocycles. The van der Waals surface area contributed by atoms with Crippen molar-refractivity contribution in [2.24, 2.45) is 17.6 Å². The molecular formula is C35H49NO2. The van der Waals surface area contributed by atoms with Crippen LogP contribution in [-0.4, -0.2) is 13.2 Å². The Morgan fingerprint density at radius 2 is 0.974 bits per heavy atom. The van der Waals surface area contributed by atoms with Crippen molar-refractivity contribution < 1.29 is 9.47 Å². The molecule has 0 bridgehead atoms. The molecule has 0 amide bonds. The highest BCUT2D eigenvalue weighted by molar-refractivity contribution is 5.50. The first kappa shape index (κ1) is 29.8. The maximum absolute atomic E-state index is 7.28. The first-order chi connectivity index (χ1) is 18.5. The molecular weight excluding hydrogens is 466 g/mol. The molecule has 0 fully saturated rings. The summed E-state index contributed by atoms with van der Waals surface area (Å²) >= 11 is 0. The second-order valence-electron chi connectivity index (χ2n) is 10.7. The molecule has 0 spiro atoms. The van der Waals surface area contributed by atoms with Crippen LogP contribution < -0.4 is 15.2 Å². The van der Waals surface area contributed by atoms with Crippen molar-refractivity contribution in [2.75, 3.05) is 13.2 Å². The van der Waals surface area contributed by atoms with E-state index in [-0.39, 0.29) is 0 Å². The normalized spacial score (nSPS) is 14.4. The molecule has 3 heteroatoms. The highest BCUT2D eigenvalue weighted by Gasteiger charge is 2.32. The maximum atomic E-state index is 7.28. The highest BCUT2D eigenvalue weighted by atomic mass is 16.5. The van der Waals surface area contributed by atoms with Crippen LogP contribution in [0.15, 0.2) is 78.9 Å². The minimum Gasteiger partial charge on any atom is -0.493 e. The summed E-state index contributed by atoms with van der Waals surface area (Å²) in [5.41, 5.74) is 9.62. The fraction of sp³-hybridized carbons (Fsp3) is 0.486. The zero-order valence-corrected chi connectivity index (χ0v) is 24.1. The predicted octanol–water partition coefficient (Wildman–Crippen LogP) is 9.13. The van der Waals surface area contributed by atoms with Gasteiger partial charge in [0.15, 0.2) is 0 Å². The quantitative estimate of drug-likeness (QED) is 0.182. The van der Waals surface area contributed by atoms with E-state index in [0.29, 0.717) is 11.8 Å². The van der Waals surface area contributed by atoms with Crippen LogP contribution >= 0.6 is 0 Å². The number of hydrogen-bond donors (Lipinski definition) is 1. The van der Waals surface area contributed by atoms with Crippen molar-refractivity contribution in [1.29, 1.82) is 0 Å². The van der Waals surface area contributed by atoms with Crippen LogP contribution in [0.25, 0.3) is 0 Å². The summed E-state index contributed by atoms with van der Waals surface area (Å²) in [6.45, 7) is 10.5. The summed E-state index contributed by atoms with van der Waals surface area (Å²) in [5, 5.41) is 0. The van der Waals surface area contributed by atoms with Gasteiger partial charge in [-0.15, -0.1) is 0 Å². The standard InChI is InChI=1S/C35H49NO2/c1-5-9-14-28(7-3)26-37-33-22-18-31(19-23-33)35(36,30-16-12-11-13-17-30)32-20-24-34(25-21-32)38-27-29(8-4)15-10-6-2/h11-13,16-25,28-29H,5-10,14-15,26-27,36H2,1-4H3. The number of hydrogen-bond acceptors (Lipinski definition) is 3. The van der Waals surface area contributed by atoms with Crippen LogP contribution in [0.4, 0.5) is 0 Å². The molecule has 3 nitrogen and oxygen atoms in total. The number of benzene rings is 3. The Labute approximate surface area is 231 Å². The third-order valence-electron chi connectivity index (χ3n) is 7.91. The predicted molar refractivity (Wildman–Crippen MR) is 161 cm³/mol. The van der Waals surface area contributed by atoms with Crippen LogP contribution in [0.1, 0.15) is 95.8 Å². The molecule has 2 N–H and O–H groups in total. The lowest BCUT2D eigenvalue weighted by atomic mass is 9.78. The fourth-order valence-electron chi connectivity index (χ4n) is 5.05. The van der Waals surface area contributed by atoms with Crippen molar-refractivity contribution in [1.82, 2.24) is 0 Å². The molecule has 2 atom stereocenters. The van der Waals surface area contributed by atoms with E-state index in [2.05, 4.69) is 88.4 Å². The van der Waals surface area contributed by atoms with Crippen LogP contribution in [0, 0.1) is 11.8 Å². The van der Waals surface area contributed by atoms with Crippen LogP contribution in [-0.2, 0) is 5.54 Å². The largest absolute Gasteiger partial charge is 0.493 e. The first-order valence-electron chi connectivity index (χ1n) is 14.9. The highest BCUT2D eigenvalue weighted by Crippen LogP contribution is 2.36. The lowest BCUT2D eigenvalue weighted by Gasteiger charge is -2.32. The van der Waals surface area contributed by atoms with Crippen molar-refractivity contribution in [3.63, 3.8) is 0 Å². The fourth-order valence-corrected chi connectivity index (χ4v) is 5.05. The van der Waals surface area contributed by atoms with E-state index in [9.17, 15) is 0 Å². The van der Waals surface area contributed by atoms with Crippen LogP contribution in [0.5, 0.6) is 11.5 Å². The van der Waals surface area contributed by atoms with Gasteiger partial charge in [0.05, 0.1) is 18.8 Å². The third-order valence-corrected chi connectivity index (χ3v) is 7.91. The molecule has 0 saturated carbocycles. The molecule has 3 rings (SSSR count). The van der Waals surface area contributed by atoms with Gasteiger partial charge in [-0.25, -0.2) is 0 Å². The topological polar surface area (TPSA) is 44.5 Å². The van der Waals surface area contributed by atoms with Gasteiger partial charge < -0.3 is 15.2 Å². The monoisotopic (exact) mass is 515 g/mol. The second kappa shape index (κ2) is 15.6. The minimum absolute atomic E-state index is 0.604.